The molecular formula is C30H36N4O2. The van der Waals surface area contributed by atoms with Crippen LogP contribution in [0.25, 0.3) is 11.1 Å². The number of urea groups is 1. The van der Waals surface area contributed by atoms with Crippen molar-refractivity contribution in [1.82, 2.24) is 14.8 Å². The van der Waals surface area contributed by atoms with Crippen LogP contribution in [0.15, 0.2) is 65.5 Å². The van der Waals surface area contributed by atoms with Crippen LogP contribution in [0.2, 0.25) is 0 Å². The number of amides is 2. The highest BCUT2D eigenvalue weighted by atomic mass is 16.2. The zero-order chi connectivity index (χ0) is 25.9. The topological polar surface area (TPSA) is 78.1 Å². The van der Waals surface area contributed by atoms with Crippen LogP contribution in [0.3, 0.4) is 0 Å². The number of benzene rings is 2. The maximum absolute atomic E-state index is 13.4. The number of unbranched alkanes of at least 4 members (excludes halogenated alkanes) is 2. The fourth-order valence-corrected chi connectivity index (χ4v) is 4.15. The summed E-state index contributed by atoms with van der Waals surface area (Å²) in [6, 6.07) is 21.5. The van der Waals surface area contributed by atoms with Crippen LogP contribution in [0.4, 0.5) is 4.79 Å². The second-order valence-electron chi connectivity index (χ2n) is 9.13. The number of pyridine rings is 1. The van der Waals surface area contributed by atoms with E-state index in [4.69, 9.17) is 0 Å². The van der Waals surface area contributed by atoms with Gasteiger partial charge in [0.15, 0.2) is 0 Å². The van der Waals surface area contributed by atoms with Gasteiger partial charge in [-0.15, -0.1) is 0 Å². The second-order valence-corrected chi connectivity index (χ2v) is 9.13. The number of hydrogen-bond donors (Lipinski definition) is 1. The van der Waals surface area contributed by atoms with Crippen molar-refractivity contribution in [3.63, 3.8) is 0 Å². The third-order valence-electron chi connectivity index (χ3n) is 6.41. The van der Waals surface area contributed by atoms with E-state index in [1.807, 2.05) is 65.2 Å². The average molecular weight is 485 g/mol. The van der Waals surface area contributed by atoms with Gasteiger partial charge in [-0.1, -0.05) is 69.2 Å². The first-order chi connectivity index (χ1) is 17.5. The molecular weight excluding hydrogens is 448 g/mol. The zero-order valence-electron chi connectivity index (χ0n) is 21.6. The van der Waals surface area contributed by atoms with Gasteiger partial charge in [-0.2, -0.15) is 5.26 Å². The Kier molecular flexibility index (Phi) is 9.88. The lowest BCUT2D eigenvalue weighted by molar-refractivity contribution is 0.207. The molecule has 3 rings (SSSR count). The normalized spacial score (nSPS) is 10.6. The second kappa shape index (κ2) is 13.3. The Balaban J connectivity index is 1.82. The molecule has 0 saturated heterocycles. The highest BCUT2D eigenvalue weighted by Gasteiger charge is 2.13. The number of aromatic nitrogens is 1. The van der Waals surface area contributed by atoms with Crippen molar-refractivity contribution in [3.05, 3.63) is 93.4 Å². The minimum Gasteiger partial charge on any atom is -0.334 e. The highest BCUT2D eigenvalue weighted by Crippen LogP contribution is 2.23. The molecule has 3 aromatic rings. The van der Waals surface area contributed by atoms with E-state index >= 15 is 0 Å². The van der Waals surface area contributed by atoms with Gasteiger partial charge in [0, 0.05) is 31.4 Å². The SMILES string of the molecule is CCCCc1ccc(CNC(=O)N(C)CCCC)c(=O)n1Cc1ccc(-c2ccccc2C#N)cc1. The number of carbonyl (C=O) groups excluding carboxylic acids is 1. The molecule has 0 radical (unpaired) electrons. The van der Waals surface area contributed by atoms with Gasteiger partial charge in [-0.05, 0) is 54.2 Å². The van der Waals surface area contributed by atoms with E-state index in [1.54, 1.807) is 11.9 Å². The molecule has 0 bridgehead atoms. The molecule has 2 amide bonds. The number of aryl methyl sites for hydroxylation is 1. The van der Waals surface area contributed by atoms with Gasteiger partial charge in [0.25, 0.3) is 5.56 Å². The number of nitriles is 1. The Labute approximate surface area is 214 Å². The van der Waals surface area contributed by atoms with E-state index in [1.165, 1.54) is 0 Å². The number of hydrogen-bond acceptors (Lipinski definition) is 3. The zero-order valence-corrected chi connectivity index (χ0v) is 21.6. The molecule has 0 aliphatic carbocycles. The van der Waals surface area contributed by atoms with Gasteiger partial charge in [-0.3, -0.25) is 4.79 Å². The fourth-order valence-electron chi connectivity index (χ4n) is 4.15. The summed E-state index contributed by atoms with van der Waals surface area (Å²) in [4.78, 5) is 27.5. The number of rotatable bonds is 11. The van der Waals surface area contributed by atoms with Crippen LogP contribution in [0.5, 0.6) is 0 Å². The molecule has 0 unspecified atom stereocenters. The molecule has 1 heterocycles. The Morgan fingerprint density at radius 1 is 1.00 bits per heavy atom. The molecule has 0 aliphatic heterocycles. The predicted molar refractivity (Wildman–Crippen MR) is 145 cm³/mol. The summed E-state index contributed by atoms with van der Waals surface area (Å²) in [5, 5.41) is 12.3. The largest absolute Gasteiger partial charge is 0.334 e. The van der Waals surface area contributed by atoms with Crippen LogP contribution in [-0.2, 0) is 19.5 Å². The summed E-state index contributed by atoms with van der Waals surface area (Å²) in [7, 11) is 1.77. The summed E-state index contributed by atoms with van der Waals surface area (Å²) in [6.45, 7) is 5.58. The minimum atomic E-state index is -0.169. The van der Waals surface area contributed by atoms with Crippen LogP contribution in [0, 0.1) is 11.3 Å². The Bertz CT molecular complexity index is 1260. The Morgan fingerprint density at radius 3 is 2.42 bits per heavy atom. The van der Waals surface area contributed by atoms with Crippen molar-refractivity contribution >= 4 is 6.03 Å². The first-order valence-corrected chi connectivity index (χ1v) is 12.8. The van der Waals surface area contributed by atoms with Crippen molar-refractivity contribution in [3.8, 4) is 17.2 Å². The van der Waals surface area contributed by atoms with Gasteiger partial charge in [-0.25, -0.2) is 4.79 Å². The van der Waals surface area contributed by atoms with Crippen LogP contribution >= 0.6 is 0 Å². The molecule has 6 heteroatoms. The first-order valence-electron chi connectivity index (χ1n) is 12.8. The Morgan fingerprint density at radius 2 is 1.72 bits per heavy atom. The molecule has 2 aromatic carbocycles. The van der Waals surface area contributed by atoms with E-state index in [0.717, 1.165) is 54.5 Å². The standard InChI is InChI=1S/C30H36N4O2/c1-4-6-11-27-18-17-26(21-32-30(36)33(3)19-7-5-2)29(35)34(27)22-23-13-15-24(16-14-23)28-12-9-8-10-25(28)20-31/h8-10,12-18H,4-7,11,19,21-22H2,1-3H3,(H,32,36). The third kappa shape index (κ3) is 6.85. The number of carbonyl (C=O) groups is 1. The van der Waals surface area contributed by atoms with Gasteiger partial charge >= 0.3 is 6.03 Å². The number of nitrogens with one attached hydrogen (secondary N) is 1. The van der Waals surface area contributed by atoms with Crippen molar-refractivity contribution < 1.29 is 4.79 Å². The molecule has 0 aliphatic rings. The Hall–Kier alpha value is -3.85. The quantitative estimate of drug-likeness (QED) is 0.378. The molecule has 0 saturated carbocycles. The average Bonchev–Trinajstić information content (AvgIpc) is 2.91. The number of nitrogens with zero attached hydrogens (tertiary/aromatic N) is 3. The maximum Gasteiger partial charge on any atom is 0.317 e. The van der Waals surface area contributed by atoms with Crippen LogP contribution < -0.4 is 10.9 Å². The van der Waals surface area contributed by atoms with Gasteiger partial charge in [0.05, 0.1) is 18.2 Å². The molecule has 188 valence electrons. The monoisotopic (exact) mass is 484 g/mol. The fraction of sp³-hybridized carbons (Fsp3) is 0.367. The van der Waals surface area contributed by atoms with E-state index in [2.05, 4.69) is 25.2 Å². The smallest absolute Gasteiger partial charge is 0.317 e. The summed E-state index contributed by atoms with van der Waals surface area (Å²) in [5.74, 6) is 0. The summed E-state index contributed by atoms with van der Waals surface area (Å²) >= 11 is 0. The lowest BCUT2D eigenvalue weighted by atomic mass is 9.99. The predicted octanol–water partition coefficient (Wildman–Crippen LogP) is 5.72. The van der Waals surface area contributed by atoms with Gasteiger partial charge in [0.1, 0.15) is 0 Å². The minimum absolute atomic E-state index is 0.0704. The van der Waals surface area contributed by atoms with Crippen LogP contribution in [-0.4, -0.2) is 29.1 Å². The lowest BCUT2D eigenvalue weighted by Gasteiger charge is -2.18. The maximum atomic E-state index is 13.4. The van der Waals surface area contributed by atoms with Crippen molar-refractivity contribution in [2.24, 2.45) is 0 Å². The molecule has 0 fully saturated rings. The van der Waals surface area contributed by atoms with Gasteiger partial charge < -0.3 is 14.8 Å². The van der Waals surface area contributed by atoms with Gasteiger partial charge in [0.2, 0.25) is 0 Å². The lowest BCUT2D eigenvalue weighted by Crippen LogP contribution is -2.39. The molecule has 0 atom stereocenters. The van der Waals surface area contributed by atoms with Crippen molar-refractivity contribution in [2.45, 2.75) is 59.0 Å². The van der Waals surface area contributed by atoms with E-state index in [9.17, 15) is 14.9 Å². The van der Waals surface area contributed by atoms with E-state index in [0.29, 0.717) is 24.2 Å². The molecule has 6 nitrogen and oxygen atoms in total. The summed E-state index contributed by atoms with van der Waals surface area (Å²) in [5.41, 5.74) is 5.01. The molecule has 1 N–H and O–H groups in total. The first kappa shape index (κ1) is 26.7. The summed E-state index contributed by atoms with van der Waals surface area (Å²) in [6.07, 6.45) is 4.84. The highest BCUT2D eigenvalue weighted by molar-refractivity contribution is 5.73. The van der Waals surface area contributed by atoms with Crippen molar-refractivity contribution in [2.75, 3.05) is 13.6 Å². The molecule has 1 aromatic heterocycles. The molecule has 0 spiro atoms. The van der Waals surface area contributed by atoms with Crippen LogP contribution in [0.1, 0.15) is 61.9 Å². The third-order valence-corrected chi connectivity index (χ3v) is 6.41. The van der Waals surface area contributed by atoms with E-state index in [-0.39, 0.29) is 18.1 Å². The van der Waals surface area contributed by atoms with Crippen molar-refractivity contribution in [1.29, 1.82) is 5.26 Å². The van der Waals surface area contributed by atoms with E-state index < -0.39 is 0 Å². The summed E-state index contributed by atoms with van der Waals surface area (Å²) < 4.78 is 1.83. The molecule has 36 heavy (non-hydrogen) atoms.